The molecule has 0 radical (unpaired) electrons. The third kappa shape index (κ3) is 5.26. The summed E-state index contributed by atoms with van der Waals surface area (Å²) in [5.41, 5.74) is 2.21. The van der Waals surface area contributed by atoms with Crippen LogP contribution in [0.25, 0.3) is 6.08 Å². The van der Waals surface area contributed by atoms with E-state index in [1.165, 1.54) is 6.92 Å². The topological polar surface area (TPSA) is 86.2 Å². The molecule has 0 unspecified atom stereocenters. The second kappa shape index (κ2) is 9.26. The molecule has 1 heterocycles. The molecule has 0 spiro atoms. The highest BCUT2D eigenvalue weighted by atomic mass is 16.6. The van der Waals surface area contributed by atoms with Crippen LogP contribution in [-0.4, -0.2) is 31.5 Å². The molecule has 0 aromatic heterocycles. The monoisotopic (exact) mass is 408 g/mol. The summed E-state index contributed by atoms with van der Waals surface area (Å²) >= 11 is 0. The van der Waals surface area contributed by atoms with E-state index < -0.39 is 5.97 Å². The maximum Gasteiger partial charge on any atom is 0.363 e. The number of anilines is 1. The van der Waals surface area contributed by atoms with Crippen molar-refractivity contribution in [3.63, 3.8) is 0 Å². The average molecular weight is 408 g/mol. The van der Waals surface area contributed by atoms with Crippen LogP contribution in [0.5, 0.6) is 11.5 Å². The number of methoxy groups -OCH3 is 1. The lowest BCUT2D eigenvalue weighted by Gasteiger charge is -2.12. The number of hydrogen-bond acceptors (Lipinski definition) is 6. The molecule has 0 bridgehead atoms. The average Bonchev–Trinajstić information content (AvgIpc) is 3.07. The van der Waals surface area contributed by atoms with Gasteiger partial charge >= 0.3 is 5.97 Å². The molecule has 2 aromatic carbocycles. The van der Waals surface area contributed by atoms with E-state index in [-0.39, 0.29) is 17.5 Å². The van der Waals surface area contributed by atoms with Gasteiger partial charge in [-0.3, -0.25) is 4.79 Å². The standard InChI is InChI=1S/C23H24N2O5/c1-14(2)13-29-20-10-5-16(12-21(20)28-4)11-19-23(27)30-22(25-19)17-6-8-18(9-7-17)24-15(3)26/h5-12,14H,13H2,1-4H3,(H,24,26)/b19-11-. The molecular formula is C23H24N2O5. The van der Waals surface area contributed by atoms with Crippen molar-refractivity contribution < 1.29 is 23.8 Å². The summed E-state index contributed by atoms with van der Waals surface area (Å²) in [5, 5.41) is 2.68. The molecule has 1 N–H and O–H groups in total. The maximum absolute atomic E-state index is 12.3. The number of nitrogens with one attached hydrogen (secondary N) is 1. The molecule has 1 amide bonds. The van der Waals surface area contributed by atoms with Crippen molar-refractivity contribution in [2.75, 3.05) is 19.0 Å². The van der Waals surface area contributed by atoms with Gasteiger partial charge in [0.1, 0.15) is 0 Å². The minimum Gasteiger partial charge on any atom is -0.493 e. The summed E-state index contributed by atoms with van der Waals surface area (Å²) in [7, 11) is 1.57. The third-order valence-corrected chi connectivity index (χ3v) is 4.14. The van der Waals surface area contributed by atoms with Gasteiger partial charge in [-0.05, 0) is 54.0 Å². The number of amides is 1. The molecule has 7 nitrogen and oxygen atoms in total. The largest absolute Gasteiger partial charge is 0.493 e. The van der Waals surface area contributed by atoms with Crippen molar-refractivity contribution >= 4 is 29.5 Å². The number of aliphatic imine (C=N–C) groups is 1. The first-order valence-corrected chi connectivity index (χ1v) is 9.57. The van der Waals surface area contributed by atoms with Gasteiger partial charge in [0.2, 0.25) is 11.8 Å². The Morgan fingerprint density at radius 1 is 1.17 bits per heavy atom. The van der Waals surface area contributed by atoms with Gasteiger partial charge in [0, 0.05) is 18.2 Å². The Kier molecular flexibility index (Phi) is 6.51. The van der Waals surface area contributed by atoms with Crippen LogP contribution in [0.15, 0.2) is 53.2 Å². The molecule has 30 heavy (non-hydrogen) atoms. The summed E-state index contributed by atoms with van der Waals surface area (Å²) in [6.07, 6.45) is 1.63. The van der Waals surface area contributed by atoms with Gasteiger partial charge in [-0.25, -0.2) is 9.79 Å². The van der Waals surface area contributed by atoms with E-state index in [4.69, 9.17) is 14.2 Å². The number of carbonyl (C=O) groups is 2. The van der Waals surface area contributed by atoms with Crippen LogP contribution in [0.1, 0.15) is 31.9 Å². The lowest BCUT2D eigenvalue weighted by atomic mass is 10.1. The second-order valence-corrected chi connectivity index (χ2v) is 7.21. The van der Waals surface area contributed by atoms with E-state index in [9.17, 15) is 9.59 Å². The Morgan fingerprint density at radius 2 is 1.90 bits per heavy atom. The number of nitrogens with zero attached hydrogens (tertiary/aromatic N) is 1. The van der Waals surface area contributed by atoms with Gasteiger partial charge in [-0.2, -0.15) is 0 Å². The van der Waals surface area contributed by atoms with Crippen molar-refractivity contribution in [2.24, 2.45) is 10.9 Å². The number of ether oxygens (including phenoxy) is 3. The first-order valence-electron chi connectivity index (χ1n) is 9.57. The highest BCUT2D eigenvalue weighted by Crippen LogP contribution is 2.30. The molecular weight excluding hydrogens is 384 g/mol. The van der Waals surface area contributed by atoms with Gasteiger partial charge in [-0.1, -0.05) is 19.9 Å². The van der Waals surface area contributed by atoms with Crippen LogP contribution in [-0.2, 0) is 14.3 Å². The van der Waals surface area contributed by atoms with Crippen LogP contribution < -0.4 is 14.8 Å². The molecule has 0 atom stereocenters. The Bertz CT molecular complexity index is 1010. The van der Waals surface area contributed by atoms with Crippen LogP contribution in [0.4, 0.5) is 5.69 Å². The third-order valence-electron chi connectivity index (χ3n) is 4.14. The minimum atomic E-state index is -0.532. The van der Waals surface area contributed by atoms with E-state index in [0.29, 0.717) is 35.3 Å². The first-order chi connectivity index (χ1) is 14.4. The van der Waals surface area contributed by atoms with Gasteiger partial charge in [0.25, 0.3) is 0 Å². The van der Waals surface area contributed by atoms with Crippen LogP contribution in [0.3, 0.4) is 0 Å². The van der Waals surface area contributed by atoms with E-state index in [1.807, 2.05) is 6.07 Å². The normalized spacial score (nSPS) is 14.5. The van der Waals surface area contributed by atoms with Gasteiger partial charge in [0.05, 0.1) is 13.7 Å². The highest BCUT2D eigenvalue weighted by molar-refractivity contribution is 6.13. The smallest absolute Gasteiger partial charge is 0.363 e. The van der Waals surface area contributed by atoms with Crippen LogP contribution in [0, 0.1) is 5.92 Å². The van der Waals surface area contributed by atoms with Gasteiger partial charge in [0.15, 0.2) is 17.2 Å². The SMILES string of the molecule is COc1cc(/C=C2\N=C(c3ccc(NC(C)=O)cc3)OC2=O)ccc1OCC(C)C. The van der Waals surface area contributed by atoms with Crippen molar-refractivity contribution in [3.05, 3.63) is 59.3 Å². The molecule has 0 saturated heterocycles. The zero-order valence-electron chi connectivity index (χ0n) is 17.4. The lowest BCUT2D eigenvalue weighted by molar-refractivity contribution is -0.129. The molecule has 1 aliphatic heterocycles. The fourth-order valence-electron chi connectivity index (χ4n) is 2.74. The lowest BCUT2D eigenvalue weighted by Crippen LogP contribution is -2.07. The van der Waals surface area contributed by atoms with E-state index in [1.54, 1.807) is 49.6 Å². The number of rotatable bonds is 7. The molecule has 0 saturated carbocycles. The molecule has 0 fully saturated rings. The molecule has 156 valence electrons. The van der Waals surface area contributed by atoms with E-state index >= 15 is 0 Å². The quantitative estimate of drug-likeness (QED) is 0.552. The zero-order valence-corrected chi connectivity index (χ0v) is 17.4. The summed E-state index contributed by atoms with van der Waals surface area (Å²) in [5.74, 6) is 1.14. The Labute approximate surface area is 175 Å². The number of benzene rings is 2. The van der Waals surface area contributed by atoms with Gasteiger partial charge in [-0.15, -0.1) is 0 Å². The number of cyclic esters (lactones) is 1. The Morgan fingerprint density at radius 3 is 2.53 bits per heavy atom. The van der Waals surface area contributed by atoms with E-state index in [2.05, 4.69) is 24.2 Å². The molecule has 3 rings (SSSR count). The molecule has 2 aromatic rings. The summed E-state index contributed by atoms with van der Waals surface area (Å²) in [6.45, 7) is 6.16. The second-order valence-electron chi connectivity index (χ2n) is 7.21. The fraction of sp³-hybridized carbons (Fsp3) is 0.261. The maximum atomic E-state index is 12.3. The Balaban J connectivity index is 1.80. The van der Waals surface area contributed by atoms with Crippen LogP contribution >= 0.6 is 0 Å². The molecule has 0 aliphatic carbocycles. The zero-order chi connectivity index (χ0) is 21.7. The highest BCUT2D eigenvalue weighted by Gasteiger charge is 2.24. The van der Waals surface area contributed by atoms with Crippen LogP contribution in [0.2, 0.25) is 0 Å². The van der Waals surface area contributed by atoms with Crippen molar-refractivity contribution in [1.82, 2.24) is 0 Å². The Hall–Kier alpha value is -3.61. The summed E-state index contributed by atoms with van der Waals surface area (Å²) < 4.78 is 16.5. The predicted octanol–water partition coefficient (Wildman–Crippen LogP) is 4.03. The fourth-order valence-corrected chi connectivity index (χ4v) is 2.74. The van der Waals surface area contributed by atoms with Crippen molar-refractivity contribution in [3.8, 4) is 11.5 Å². The number of esters is 1. The summed E-state index contributed by atoms with van der Waals surface area (Å²) in [6, 6.07) is 12.3. The first kappa shape index (κ1) is 21.1. The number of hydrogen-bond donors (Lipinski definition) is 1. The predicted molar refractivity (Wildman–Crippen MR) is 115 cm³/mol. The van der Waals surface area contributed by atoms with E-state index in [0.717, 1.165) is 5.56 Å². The number of carbonyl (C=O) groups excluding carboxylic acids is 2. The minimum absolute atomic E-state index is 0.159. The van der Waals surface area contributed by atoms with Gasteiger partial charge < -0.3 is 19.5 Å². The molecule has 1 aliphatic rings. The summed E-state index contributed by atoms with van der Waals surface area (Å²) in [4.78, 5) is 27.7. The van der Waals surface area contributed by atoms with Crippen molar-refractivity contribution in [1.29, 1.82) is 0 Å². The molecule has 7 heteroatoms. The van der Waals surface area contributed by atoms with Crippen molar-refractivity contribution in [2.45, 2.75) is 20.8 Å².